The molecule has 242 valence electrons. The van der Waals surface area contributed by atoms with E-state index < -0.39 is 17.7 Å². The van der Waals surface area contributed by atoms with Crippen molar-refractivity contribution in [3.63, 3.8) is 0 Å². The van der Waals surface area contributed by atoms with Crippen LogP contribution in [0.4, 0.5) is 31.8 Å². The van der Waals surface area contributed by atoms with Crippen LogP contribution in [0.1, 0.15) is 30.9 Å². The number of hydrogen-bond donors (Lipinski definition) is 1. The van der Waals surface area contributed by atoms with Gasteiger partial charge < -0.3 is 19.7 Å². The van der Waals surface area contributed by atoms with Crippen LogP contribution in [0, 0.1) is 11.6 Å². The van der Waals surface area contributed by atoms with E-state index >= 15 is 0 Å². The molecule has 5 heterocycles. The van der Waals surface area contributed by atoms with E-state index in [4.69, 9.17) is 14.3 Å². The lowest BCUT2D eigenvalue weighted by Crippen LogP contribution is -2.49. The molecule has 3 fully saturated rings. The predicted octanol–water partition coefficient (Wildman–Crippen LogP) is 5.09. The maximum Gasteiger partial charge on any atom is 0.164 e. The number of aromatic nitrogens is 4. The molecule has 0 spiro atoms. The first-order chi connectivity index (χ1) is 22.5. The molecule has 3 saturated heterocycles. The van der Waals surface area contributed by atoms with Crippen molar-refractivity contribution in [1.82, 2.24) is 24.6 Å². The third kappa shape index (κ3) is 6.09. The van der Waals surface area contributed by atoms with Gasteiger partial charge in [-0.15, -0.1) is 0 Å². The summed E-state index contributed by atoms with van der Waals surface area (Å²) >= 11 is 0. The standard InChI is InChI=1S/C33H38F2N8O3/c1-40-20-22(19-38-40)25-16-27(30(44-2)17-29(25)42-9-6-23(7-10-42)41-11-14-45-15-12-41)39-31-18-32(37-21-36-31)43-28(8-13-46-43)24-4-3-5-26(34)33(24)35/h3-5,16-21,23,28H,6-15H2,1-2H3,(H,36,37,39)/t28-/m1/s1. The second-order valence-corrected chi connectivity index (χ2v) is 11.8. The van der Waals surface area contributed by atoms with Crippen LogP contribution in [0.5, 0.6) is 5.75 Å². The third-order valence-corrected chi connectivity index (χ3v) is 9.09. The van der Waals surface area contributed by atoms with Crippen molar-refractivity contribution in [2.75, 3.05) is 68.4 Å². The molecular weight excluding hydrogens is 594 g/mol. The van der Waals surface area contributed by atoms with Gasteiger partial charge in [-0.05, 0) is 25.0 Å². The molecule has 13 heteroatoms. The monoisotopic (exact) mass is 632 g/mol. The maximum atomic E-state index is 14.7. The summed E-state index contributed by atoms with van der Waals surface area (Å²) in [4.78, 5) is 19.7. The van der Waals surface area contributed by atoms with E-state index in [-0.39, 0.29) is 5.56 Å². The first-order valence-electron chi connectivity index (χ1n) is 15.7. The number of benzene rings is 2. The van der Waals surface area contributed by atoms with Gasteiger partial charge in [-0.25, -0.2) is 23.8 Å². The predicted molar refractivity (Wildman–Crippen MR) is 170 cm³/mol. The molecule has 46 heavy (non-hydrogen) atoms. The number of hydroxylamine groups is 1. The van der Waals surface area contributed by atoms with Crippen LogP contribution in [0.3, 0.4) is 0 Å². The molecule has 2 aromatic carbocycles. The molecule has 0 amide bonds. The van der Waals surface area contributed by atoms with Gasteiger partial charge in [0.1, 0.15) is 17.9 Å². The van der Waals surface area contributed by atoms with Crippen LogP contribution in [0.15, 0.2) is 55.1 Å². The molecule has 0 unspecified atom stereocenters. The average molecular weight is 633 g/mol. The molecule has 0 aliphatic carbocycles. The Labute approximate surface area is 266 Å². The number of hydrogen-bond acceptors (Lipinski definition) is 10. The van der Waals surface area contributed by atoms with Gasteiger partial charge in [0.15, 0.2) is 17.5 Å². The quantitative estimate of drug-likeness (QED) is 0.283. The highest BCUT2D eigenvalue weighted by molar-refractivity contribution is 5.85. The zero-order chi connectivity index (χ0) is 31.6. The van der Waals surface area contributed by atoms with Crippen molar-refractivity contribution < 1.29 is 23.1 Å². The van der Waals surface area contributed by atoms with Crippen molar-refractivity contribution in [1.29, 1.82) is 0 Å². The summed E-state index contributed by atoms with van der Waals surface area (Å²) in [5.41, 5.74) is 4.04. The zero-order valence-corrected chi connectivity index (χ0v) is 26.0. The van der Waals surface area contributed by atoms with E-state index in [1.54, 1.807) is 23.9 Å². The first kappa shape index (κ1) is 30.3. The summed E-state index contributed by atoms with van der Waals surface area (Å²) in [5, 5.41) is 9.37. The number of ether oxygens (including phenoxy) is 2. The van der Waals surface area contributed by atoms with Crippen molar-refractivity contribution in [3.05, 3.63) is 72.3 Å². The Morgan fingerprint density at radius 1 is 0.978 bits per heavy atom. The number of anilines is 4. The molecule has 3 aliphatic heterocycles. The highest BCUT2D eigenvalue weighted by atomic mass is 19.2. The van der Waals surface area contributed by atoms with Crippen LogP contribution in [-0.2, 0) is 16.6 Å². The fraction of sp³-hybridized carbons (Fsp3) is 0.424. The number of aryl methyl sites for hydroxylation is 1. The summed E-state index contributed by atoms with van der Waals surface area (Å²) in [6.45, 7) is 5.82. The minimum absolute atomic E-state index is 0.220. The fourth-order valence-electron chi connectivity index (χ4n) is 6.73. The normalized spacial score (nSPS) is 19.5. The Kier molecular flexibility index (Phi) is 8.69. The summed E-state index contributed by atoms with van der Waals surface area (Å²) < 4.78 is 42.0. The van der Waals surface area contributed by atoms with Crippen molar-refractivity contribution in [2.45, 2.75) is 31.3 Å². The second kappa shape index (κ2) is 13.2. The zero-order valence-electron chi connectivity index (χ0n) is 26.0. The van der Waals surface area contributed by atoms with Crippen LogP contribution >= 0.6 is 0 Å². The molecule has 0 bridgehead atoms. The SMILES string of the molecule is COc1cc(N2CCC(N3CCOCC3)CC2)c(-c2cnn(C)c2)cc1Nc1cc(N2OCC[C@@H]2c2cccc(F)c2F)ncn1. The number of morpholine rings is 1. The Bertz CT molecular complexity index is 1670. The van der Waals surface area contributed by atoms with E-state index in [0.29, 0.717) is 42.1 Å². The number of rotatable bonds is 8. The van der Waals surface area contributed by atoms with Gasteiger partial charge in [-0.2, -0.15) is 5.10 Å². The van der Waals surface area contributed by atoms with Crippen molar-refractivity contribution >= 4 is 23.0 Å². The molecule has 0 radical (unpaired) electrons. The molecule has 0 saturated carbocycles. The van der Waals surface area contributed by atoms with E-state index in [1.165, 1.54) is 17.5 Å². The van der Waals surface area contributed by atoms with Gasteiger partial charge in [0.2, 0.25) is 0 Å². The summed E-state index contributed by atoms with van der Waals surface area (Å²) in [6, 6.07) is 10.1. The minimum atomic E-state index is -0.893. The number of halogens is 2. The molecule has 7 rings (SSSR count). The summed E-state index contributed by atoms with van der Waals surface area (Å²) in [7, 11) is 3.56. The minimum Gasteiger partial charge on any atom is -0.494 e. The molecule has 2 aromatic heterocycles. The van der Waals surface area contributed by atoms with Gasteiger partial charge in [-0.1, -0.05) is 12.1 Å². The number of nitrogens with zero attached hydrogens (tertiary/aromatic N) is 7. The van der Waals surface area contributed by atoms with Crippen LogP contribution in [-0.4, -0.2) is 83.8 Å². The highest BCUT2D eigenvalue weighted by Gasteiger charge is 2.32. The van der Waals surface area contributed by atoms with Gasteiger partial charge in [0.05, 0.1) is 44.9 Å². The van der Waals surface area contributed by atoms with E-state index in [2.05, 4.69) is 42.3 Å². The third-order valence-electron chi connectivity index (χ3n) is 9.09. The molecular formula is C33H38F2N8O3. The highest BCUT2D eigenvalue weighted by Crippen LogP contribution is 2.42. The summed E-state index contributed by atoms with van der Waals surface area (Å²) in [6.07, 6.45) is 7.94. The summed E-state index contributed by atoms with van der Waals surface area (Å²) in [5.74, 6) is -0.192. The number of nitrogens with one attached hydrogen (secondary N) is 1. The Morgan fingerprint density at radius 3 is 2.57 bits per heavy atom. The molecule has 3 aliphatic rings. The topological polar surface area (TPSA) is 93.0 Å². The second-order valence-electron chi connectivity index (χ2n) is 11.8. The largest absolute Gasteiger partial charge is 0.494 e. The van der Waals surface area contributed by atoms with Crippen molar-refractivity contribution in [3.8, 4) is 16.9 Å². The number of piperidine rings is 1. The lowest BCUT2D eigenvalue weighted by atomic mass is 9.99. The molecule has 4 aromatic rings. The van der Waals surface area contributed by atoms with Crippen LogP contribution < -0.4 is 20.0 Å². The lowest BCUT2D eigenvalue weighted by Gasteiger charge is -2.41. The van der Waals surface area contributed by atoms with E-state index in [9.17, 15) is 8.78 Å². The van der Waals surface area contributed by atoms with E-state index in [1.807, 2.05) is 19.4 Å². The van der Waals surface area contributed by atoms with Crippen molar-refractivity contribution in [2.24, 2.45) is 7.05 Å². The van der Waals surface area contributed by atoms with Gasteiger partial charge in [0, 0.05) is 86.4 Å². The molecule has 11 nitrogen and oxygen atoms in total. The smallest absolute Gasteiger partial charge is 0.164 e. The van der Waals surface area contributed by atoms with E-state index in [0.717, 1.165) is 75.1 Å². The van der Waals surface area contributed by atoms with Gasteiger partial charge in [-0.3, -0.25) is 14.4 Å². The maximum absolute atomic E-state index is 14.7. The average Bonchev–Trinajstić information content (AvgIpc) is 3.76. The molecule has 1 atom stereocenters. The lowest BCUT2D eigenvalue weighted by molar-refractivity contribution is 0.0115. The number of methoxy groups -OCH3 is 1. The van der Waals surface area contributed by atoms with Gasteiger partial charge in [0.25, 0.3) is 0 Å². The Morgan fingerprint density at radius 2 is 1.80 bits per heavy atom. The molecule has 1 N–H and O–H groups in total. The first-order valence-corrected chi connectivity index (χ1v) is 15.7. The Hall–Kier alpha value is -4.33. The van der Waals surface area contributed by atoms with Crippen LogP contribution in [0.25, 0.3) is 11.1 Å². The van der Waals surface area contributed by atoms with Crippen LogP contribution in [0.2, 0.25) is 0 Å². The van der Waals surface area contributed by atoms with Gasteiger partial charge >= 0.3 is 0 Å². The Balaban J connectivity index is 1.16. The fourth-order valence-corrected chi connectivity index (χ4v) is 6.73.